The number of rotatable bonds is 0. The van der Waals surface area contributed by atoms with Crippen molar-refractivity contribution >= 4 is 5.69 Å². The van der Waals surface area contributed by atoms with Gasteiger partial charge in [-0.05, 0) is 42.9 Å². The number of fused-ring (bicyclic) bond motifs is 1. The molecule has 0 fully saturated rings. The van der Waals surface area contributed by atoms with Gasteiger partial charge in [-0.2, -0.15) is 0 Å². The van der Waals surface area contributed by atoms with Crippen molar-refractivity contribution in [2.24, 2.45) is 0 Å². The highest BCUT2D eigenvalue weighted by Gasteiger charge is 2.18. The maximum atomic E-state index is 3.50. The van der Waals surface area contributed by atoms with Crippen LogP contribution in [0, 0.1) is 13.8 Å². The Balaban J connectivity index is 2.60. The molecule has 70 valence electrons. The van der Waals surface area contributed by atoms with E-state index in [1.165, 1.54) is 28.8 Å². The summed E-state index contributed by atoms with van der Waals surface area (Å²) in [6, 6.07) is 4.44. The van der Waals surface area contributed by atoms with Crippen LogP contribution in [-0.2, 0) is 0 Å². The molecule has 0 aromatic heterocycles. The molecule has 1 aliphatic rings. The van der Waals surface area contributed by atoms with Gasteiger partial charge in [0.15, 0.2) is 0 Å². The van der Waals surface area contributed by atoms with Crippen molar-refractivity contribution in [3.8, 4) is 0 Å². The summed E-state index contributed by atoms with van der Waals surface area (Å²) in [6.07, 6.45) is 1.26. The van der Waals surface area contributed by atoms with Crippen LogP contribution in [0.4, 0.5) is 5.69 Å². The van der Waals surface area contributed by atoms with E-state index >= 15 is 0 Å². The Morgan fingerprint density at radius 3 is 2.62 bits per heavy atom. The van der Waals surface area contributed by atoms with Crippen LogP contribution in [-0.4, -0.2) is 6.54 Å². The van der Waals surface area contributed by atoms with Crippen LogP contribution < -0.4 is 5.32 Å². The van der Waals surface area contributed by atoms with E-state index in [0.29, 0.717) is 0 Å². The summed E-state index contributed by atoms with van der Waals surface area (Å²) in [6.45, 7) is 7.84. The SMILES string of the molecule is Cc1ccc(C)c2c1NCCC2C. The minimum atomic E-state index is 0.719. The number of hydrogen-bond donors (Lipinski definition) is 1. The van der Waals surface area contributed by atoms with Gasteiger partial charge >= 0.3 is 0 Å². The fourth-order valence-electron chi connectivity index (χ4n) is 2.26. The normalized spacial score (nSPS) is 20.7. The van der Waals surface area contributed by atoms with Crippen molar-refractivity contribution in [3.63, 3.8) is 0 Å². The first-order valence-corrected chi connectivity index (χ1v) is 5.04. The van der Waals surface area contributed by atoms with Gasteiger partial charge in [0.1, 0.15) is 0 Å². The number of anilines is 1. The van der Waals surface area contributed by atoms with E-state index in [9.17, 15) is 0 Å². The zero-order valence-corrected chi connectivity index (χ0v) is 8.65. The largest absolute Gasteiger partial charge is 0.385 e. The fraction of sp³-hybridized carbons (Fsp3) is 0.500. The smallest absolute Gasteiger partial charge is 0.0407 e. The number of hydrogen-bond acceptors (Lipinski definition) is 1. The molecule has 1 aromatic carbocycles. The predicted molar refractivity (Wildman–Crippen MR) is 57.4 cm³/mol. The molecule has 0 spiro atoms. The van der Waals surface area contributed by atoms with E-state index < -0.39 is 0 Å². The fourth-order valence-corrected chi connectivity index (χ4v) is 2.26. The summed E-state index contributed by atoms with van der Waals surface area (Å²) in [5, 5.41) is 3.50. The highest BCUT2D eigenvalue weighted by molar-refractivity contribution is 5.62. The molecule has 1 unspecified atom stereocenters. The average Bonchev–Trinajstić information content (AvgIpc) is 2.12. The summed E-state index contributed by atoms with van der Waals surface area (Å²) < 4.78 is 0. The van der Waals surface area contributed by atoms with Gasteiger partial charge in [0.05, 0.1) is 0 Å². The van der Waals surface area contributed by atoms with Crippen molar-refractivity contribution in [2.45, 2.75) is 33.1 Å². The van der Waals surface area contributed by atoms with E-state index in [2.05, 4.69) is 38.2 Å². The van der Waals surface area contributed by atoms with E-state index in [-0.39, 0.29) is 0 Å². The van der Waals surface area contributed by atoms with Gasteiger partial charge in [0.2, 0.25) is 0 Å². The lowest BCUT2D eigenvalue weighted by Crippen LogP contribution is -2.17. The van der Waals surface area contributed by atoms with Crippen LogP contribution in [0.3, 0.4) is 0 Å². The van der Waals surface area contributed by atoms with E-state index in [4.69, 9.17) is 0 Å². The van der Waals surface area contributed by atoms with Gasteiger partial charge in [0, 0.05) is 12.2 Å². The summed E-state index contributed by atoms with van der Waals surface area (Å²) >= 11 is 0. The Bertz CT molecular complexity index is 328. The van der Waals surface area contributed by atoms with Crippen molar-refractivity contribution in [2.75, 3.05) is 11.9 Å². The van der Waals surface area contributed by atoms with Gasteiger partial charge in [-0.15, -0.1) is 0 Å². The van der Waals surface area contributed by atoms with Gasteiger partial charge in [0.25, 0.3) is 0 Å². The second-order valence-corrected chi connectivity index (χ2v) is 4.10. The maximum Gasteiger partial charge on any atom is 0.0407 e. The Hall–Kier alpha value is -0.980. The first kappa shape index (κ1) is 8.61. The third kappa shape index (κ3) is 1.32. The van der Waals surface area contributed by atoms with Gasteiger partial charge in [-0.1, -0.05) is 19.1 Å². The minimum Gasteiger partial charge on any atom is -0.385 e. The molecule has 1 N–H and O–H groups in total. The Morgan fingerprint density at radius 1 is 1.23 bits per heavy atom. The second kappa shape index (κ2) is 3.06. The lowest BCUT2D eigenvalue weighted by Gasteiger charge is -2.27. The molecule has 0 radical (unpaired) electrons. The molecule has 13 heavy (non-hydrogen) atoms. The second-order valence-electron chi connectivity index (χ2n) is 4.10. The number of nitrogens with one attached hydrogen (secondary N) is 1. The number of aryl methyl sites for hydroxylation is 2. The molecule has 1 nitrogen and oxygen atoms in total. The average molecular weight is 175 g/mol. The Morgan fingerprint density at radius 2 is 1.92 bits per heavy atom. The molecule has 0 saturated carbocycles. The summed E-state index contributed by atoms with van der Waals surface area (Å²) in [4.78, 5) is 0. The topological polar surface area (TPSA) is 12.0 Å². The number of benzene rings is 1. The summed E-state index contributed by atoms with van der Waals surface area (Å²) in [5.41, 5.74) is 5.73. The quantitative estimate of drug-likeness (QED) is 0.638. The van der Waals surface area contributed by atoms with Crippen molar-refractivity contribution in [3.05, 3.63) is 28.8 Å². The molecule has 0 saturated heterocycles. The zero-order valence-electron chi connectivity index (χ0n) is 8.65. The molecule has 1 atom stereocenters. The van der Waals surface area contributed by atoms with Crippen LogP contribution in [0.15, 0.2) is 12.1 Å². The zero-order chi connectivity index (χ0) is 9.42. The molecule has 2 rings (SSSR count). The van der Waals surface area contributed by atoms with Crippen LogP contribution in [0.25, 0.3) is 0 Å². The first-order valence-electron chi connectivity index (χ1n) is 5.04. The van der Waals surface area contributed by atoms with Crippen molar-refractivity contribution in [1.82, 2.24) is 0 Å². The van der Waals surface area contributed by atoms with Crippen molar-refractivity contribution in [1.29, 1.82) is 0 Å². The molecular formula is C12H17N. The van der Waals surface area contributed by atoms with Crippen LogP contribution in [0.2, 0.25) is 0 Å². The Kier molecular flexibility index (Phi) is 2.03. The standard InChI is InChI=1S/C12H17N/c1-8-4-5-10(3)12-11(8)9(2)6-7-13-12/h4-5,9,13H,6-7H2,1-3H3. The third-order valence-electron chi connectivity index (χ3n) is 3.04. The molecule has 1 heteroatoms. The molecule has 1 heterocycles. The molecule has 0 amide bonds. The first-order chi connectivity index (χ1) is 6.20. The molecular weight excluding hydrogens is 158 g/mol. The molecule has 1 aromatic rings. The summed E-state index contributed by atoms with van der Waals surface area (Å²) in [7, 11) is 0. The van der Waals surface area contributed by atoms with Crippen LogP contribution in [0.1, 0.15) is 36.0 Å². The van der Waals surface area contributed by atoms with E-state index in [1.807, 2.05) is 0 Å². The highest BCUT2D eigenvalue weighted by Crippen LogP contribution is 2.35. The minimum absolute atomic E-state index is 0.719. The third-order valence-corrected chi connectivity index (χ3v) is 3.04. The maximum absolute atomic E-state index is 3.50. The van der Waals surface area contributed by atoms with Gasteiger partial charge < -0.3 is 5.32 Å². The van der Waals surface area contributed by atoms with E-state index in [0.717, 1.165) is 12.5 Å². The highest BCUT2D eigenvalue weighted by atomic mass is 14.9. The molecule has 0 aliphatic carbocycles. The van der Waals surface area contributed by atoms with Crippen molar-refractivity contribution < 1.29 is 0 Å². The lowest BCUT2D eigenvalue weighted by molar-refractivity contribution is 0.678. The van der Waals surface area contributed by atoms with Gasteiger partial charge in [-0.25, -0.2) is 0 Å². The lowest BCUT2D eigenvalue weighted by atomic mass is 9.87. The monoisotopic (exact) mass is 175 g/mol. The van der Waals surface area contributed by atoms with Crippen LogP contribution in [0.5, 0.6) is 0 Å². The van der Waals surface area contributed by atoms with E-state index in [1.54, 1.807) is 0 Å². The molecule has 1 aliphatic heterocycles. The molecule has 0 bridgehead atoms. The Labute approximate surface area is 80.2 Å². The van der Waals surface area contributed by atoms with Crippen LogP contribution >= 0.6 is 0 Å². The predicted octanol–water partition coefficient (Wildman–Crippen LogP) is 3.22. The summed E-state index contributed by atoms with van der Waals surface area (Å²) in [5.74, 6) is 0.719. The van der Waals surface area contributed by atoms with Gasteiger partial charge in [-0.3, -0.25) is 0 Å².